The number of fused-ring (bicyclic) bond motifs is 1. The van der Waals surface area contributed by atoms with E-state index in [-0.39, 0.29) is 25.9 Å². The molecule has 0 amide bonds. The highest BCUT2D eigenvalue weighted by Crippen LogP contribution is 2.34. The minimum absolute atomic E-state index is 0.00934. The molecule has 1 atom stereocenters. The van der Waals surface area contributed by atoms with Gasteiger partial charge in [0.25, 0.3) is 0 Å². The molecular weight excluding hydrogens is 327 g/mol. The molecule has 0 aliphatic heterocycles. The molecule has 0 radical (unpaired) electrons. The van der Waals surface area contributed by atoms with Gasteiger partial charge in [-0.1, -0.05) is 0 Å². The Hall–Kier alpha value is -1.42. The smallest absolute Gasteiger partial charge is 0.350 e. The van der Waals surface area contributed by atoms with Crippen molar-refractivity contribution in [2.75, 3.05) is 26.2 Å². The van der Waals surface area contributed by atoms with Gasteiger partial charge in [0.15, 0.2) is 5.65 Å². The lowest BCUT2D eigenvalue weighted by Gasteiger charge is -2.19. The Morgan fingerprint density at radius 1 is 1.22 bits per heavy atom. The standard InChI is InChI=1S/C12H19N4O6P/c17-3-1-9(5-22-8-23(19,20)21)16-7-15-12-11(16)10(2-4-18)13-6-14-12/h6-7,9,17-18H,1-5,8H2,(H2,19,20,21). The monoisotopic (exact) mass is 346 g/mol. The Kier molecular flexibility index (Phi) is 6.17. The van der Waals surface area contributed by atoms with Gasteiger partial charge >= 0.3 is 7.60 Å². The van der Waals surface area contributed by atoms with Crippen molar-refractivity contribution in [3.63, 3.8) is 0 Å². The molecule has 2 heterocycles. The molecule has 0 spiro atoms. The first kappa shape index (κ1) is 17.9. The minimum Gasteiger partial charge on any atom is -0.396 e. The van der Waals surface area contributed by atoms with Crippen molar-refractivity contribution in [1.29, 1.82) is 0 Å². The largest absolute Gasteiger partial charge is 0.396 e. The van der Waals surface area contributed by atoms with Gasteiger partial charge in [-0.2, -0.15) is 0 Å². The molecule has 0 bridgehead atoms. The summed E-state index contributed by atoms with van der Waals surface area (Å²) in [6, 6.07) is -0.389. The van der Waals surface area contributed by atoms with E-state index in [4.69, 9.17) is 19.6 Å². The summed E-state index contributed by atoms with van der Waals surface area (Å²) < 4.78 is 17.6. The van der Waals surface area contributed by atoms with Gasteiger partial charge in [0, 0.05) is 19.6 Å². The number of aromatic nitrogens is 4. The fraction of sp³-hybridized carbons (Fsp3) is 0.583. The first-order chi connectivity index (χ1) is 11.0. The third-order valence-electron chi connectivity index (χ3n) is 3.22. The quantitative estimate of drug-likeness (QED) is 0.438. The summed E-state index contributed by atoms with van der Waals surface area (Å²) in [7, 11) is -4.25. The SMILES string of the molecule is O=P(O)(O)COCC(CCO)n1cnc2ncnc(CCO)c21. The predicted molar refractivity (Wildman–Crippen MR) is 79.7 cm³/mol. The highest BCUT2D eigenvalue weighted by Gasteiger charge is 2.20. The van der Waals surface area contributed by atoms with Crippen molar-refractivity contribution in [2.24, 2.45) is 0 Å². The van der Waals surface area contributed by atoms with Crippen molar-refractivity contribution in [3.05, 3.63) is 18.3 Å². The molecule has 0 aliphatic carbocycles. The summed E-state index contributed by atoms with van der Waals surface area (Å²) in [5.74, 6) is 0. The Morgan fingerprint density at radius 2 is 2.00 bits per heavy atom. The molecule has 0 saturated heterocycles. The van der Waals surface area contributed by atoms with E-state index in [1.165, 1.54) is 12.7 Å². The highest BCUT2D eigenvalue weighted by molar-refractivity contribution is 7.51. The summed E-state index contributed by atoms with van der Waals surface area (Å²) in [6.07, 6.45) is 2.80. The van der Waals surface area contributed by atoms with E-state index < -0.39 is 13.9 Å². The van der Waals surface area contributed by atoms with Gasteiger partial charge in [-0.3, -0.25) is 4.57 Å². The van der Waals surface area contributed by atoms with E-state index in [2.05, 4.69) is 15.0 Å². The van der Waals surface area contributed by atoms with Crippen molar-refractivity contribution in [3.8, 4) is 0 Å². The van der Waals surface area contributed by atoms with Crippen LogP contribution in [0.3, 0.4) is 0 Å². The second kappa shape index (κ2) is 7.91. The Labute approximate surface area is 131 Å². The number of aliphatic hydroxyl groups excluding tert-OH is 2. The maximum Gasteiger partial charge on any atom is 0.350 e. The number of aliphatic hydroxyl groups is 2. The van der Waals surface area contributed by atoms with Gasteiger partial charge < -0.3 is 29.3 Å². The first-order valence-electron chi connectivity index (χ1n) is 6.96. The van der Waals surface area contributed by atoms with Crippen LogP contribution in [0.5, 0.6) is 0 Å². The van der Waals surface area contributed by atoms with E-state index >= 15 is 0 Å². The van der Waals surface area contributed by atoms with Crippen LogP contribution in [-0.4, -0.2) is 65.7 Å². The molecule has 2 rings (SSSR count). The molecule has 0 fully saturated rings. The molecule has 11 heteroatoms. The zero-order valence-corrected chi connectivity index (χ0v) is 13.2. The Bertz CT molecular complexity index is 687. The Morgan fingerprint density at radius 3 is 2.65 bits per heavy atom. The summed E-state index contributed by atoms with van der Waals surface area (Å²) in [6.45, 7) is -0.228. The maximum absolute atomic E-state index is 10.9. The molecule has 0 aliphatic rings. The van der Waals surface area contributed by atoms with Gasteiger partial charge in [-0.05, 0) is 6.42 Å². The van der Waals surface area contributed by atoms with Crippen LogP contribution in [0.2, 0.25) is 0 Å². The lowest BCUT2D eigenvalue weighted by atomic mass is 10.2. The average molecular weight is 346 g/mol. The predicted octanol–water partition coefficient (Wildman–Crippen LogP) is -0.564. The van der Waals surface area contributed by atoms with Crippen LogP contribution in [0.1, 0.15) is 18.2 Å². The molecule has 128 valence electrons. The van der Waals surface area contributed by atoms with Crippen LogP contribution in [0, 0.1) is 0 Å². The van der Waals surface area contributed by atoms with E-state index in [0.29, 0.717) is 29.7 Å². The average Bonchev–Trinajstić information content (AvgIpc) is 2.90. The third kappa shape index (κ3) is 4.77. The summed E-state index contributed by atoms with van der Waals surface area (Å²) in [5, 5.41) is 18.4. The van der Waals surface area contributed by atoms with Gasteiger partial charge in [-0.15, -0.1) is 0 Å². The second-order valence-corrected chi connectivity index (χ2v) is 6.54. The second-order valence-electron chi connectivity index (χ2n) is 4.95. The van der Waals surface area contributed by atoms with Crippen LogP contribution in [-0.2, 0) is 15.7 Å². The van der Waals surface area contributed by atoms with E-state index in [1.54, 1.807) is 4.57 Å². The fourth-order valence-electron chi connectivity index (χ4n) is 2.26. The van der Waals surface area contributed by atoms with Crippen LogP contribution in [0.25, 0.3) is 11.2 Å². The number of nitrogens with zero attached hydrogens (tertiary/aromatic N) is 4. The molecule has 1 unspecified atom stereocenters. The van der Waals surface area contributed by atoms with Crippen LogP contribution < -0.4 is 0 Å². The van der Waals surface area contributed by atoms with Gasteiger partial charge in [-0.25, -0.2) is 15.0 Å². The first-order valence-corrected chi connectivity index (χ1v) is 8.76. The zero-order chi connectivity index (χ0) is 16.9. The number of hydrogen-bond donors (Lipinski definition) is 4. The van der Waals surface area contributed by atoms with Crippen LogP contribution in [0.15, 0.2) is 12.7 Å². The normalized spacial score (nSPS) is 13.6. The minimum atomic E-state index is -4.25. The number of ether oxygens (including phenoxy) is 1. The number of rotatable bonds is 9. The molecular formula is C12H19N4O6P. The van der Waals surface area contributed by atoms with Crippen LogP contribution in [0.4, 0.5) is 0 Å². The lowest BCUT2D eigenvalue weighted by Crippen LogP contribution is -2.18. The van der Waals surface area contributed by atoms with Crippen molar-refractivity contribution < 1.29 is 29.3 Å². The molecule has 0 saturated carbocycles. The molecule has 4 N–H and O–H groups in total. The topological polar surface area (TPSA) is 151 Å². The maximum atomic E-state index is 10.9. The highest BCUT2D eigenvalue weighted by atomic mass is 31.2. The zero-order valence-electron chi connectivity index (χ0n) is 12.3. The van der Waals surface area contributed by atoms with Gasteiger partial charge in [0.2, 0.25) is 0 Å². The molecule has 0 aromatic carbocycles. The molecule has 23 heavy (non-hydrogen) atoms. The van der Waals surface area contributed by atoms with Crippen LogP contribution >= 0.6 is 7.60 Å². The number of imidazole rings is 1. The number of hydrogen-bond acceptors (Lipinski definition) is 7. The van der Waals surface area contributed by atoms with E-state index in [0.717, 1.165) is 0 Å². The summed E-state index contributed by atoms with van der Waals surface area (Å²) in [5.41, 5.74) is 1.66. The van der Waals surface area contributed by atoms with E-state index in [9.17, 15) is 9.67 Å². The summed E-state index contributed by atoms with van der Waals surface area (Å²) >= 11 is 0. The third-order valence-corrected chi connectivity index (χ3v) is 3.73. The van der Waals surface area contributed by atoms with Gasteiger partial charge in [0.05, 0.1) is 24.7 Å². The molecule has 2 aromatic rings. The fourth-order valence-corrected chi connectivity index (χ4v) is 2.61. The Balaban J connectivity index is 2.27. The molecule has 10 nitrogen and oxygen atoms in total. The van der Waals surface area contributed by atoms with E-state index in [1.807, 2.05) is 0 Å². The molecule has 2 aromatic heterocycles. The van der Waals surface area contributed by atoms with Crippen molar-refractivity contribution in [2.45, 2.75) is 18.9 Å². The summed E-state index contributed by atoms with van der Waals surface area (Å²) in [4.78, 5) is 30.0. The van der Waals surface area contributed by atoms with Crippen molar-refractivity contribution in [1.82, 2.24) is 19.5 Å². The lowest BCUT2D eigenvalue weighted by molar-refractivity contribution is 0.112. The van der Waals surface area contributed by atoms with Gasteiger partial charge in [0.1, 0.15) is 18.2 Å². The van der Waals surface area contributed by atoms with Crippen molar-refractivity contribution >= 4 is 18.8 Å².